The van der Waals surface area contributed by atoms with E-state index < -0.39 is 14.5 Å². The SMILES string of the molecule is Cc1ccc(-c2ccc(-c3ccccn3)nc2-c2ccccn2)cc1.Cc1ccncc1.F[B-](F)(F)F.F[B-](F)(F)F.[Pt+2]. The van der Waals surface area contributed by atoms with Gasteiger partial charge in [-0.3, -0.25) is 15.0 Å². The topological polar surface area (TPSA) is 51.6 Å². The Kier molecular flexibility index (Phi) is 15.4. The monoisotopic (exact) mass is 785 g/mol. The van der Waals surface area contributed by atoms with Crippen molar-refractivity contribution >= 4 is 14.5 Å². The normalized spacial score (nSPS) is 10.4. The fourth-order valence-corrected chi connectivity index (χ4v) is 3.21. The van der Waals surface area contributed by atoms with E-state index >= 15 is 0 Å². The standard InChI is InChI=1S/C22H17N3.C6H7N.2BF4.Pt/c1-16-8-10-17(11-9-16)18-12-13-20(19-6-2-4-14-23-19)25-22(18)21-7-3-5-15-24-21;1-6-2-4-7-5-3-6;2*2-1(3,4)5;/h2-15H,1H3;2-5H,1H3;;;/q;;2*-1;+2. The van der Waals surface area contributed by atoms with Crippen LogP contribution < -0.4 is 0 Å². The Morgan fingerprint density at radius 2 is 0.953 bits per heavy atom. The average molecular weight is 785 g/mol. The number of hydrogen-bond acceptors (Lipinski definition) is 4. The van der Waals surface area contributed by atoms with Gasteiger partial charge in [-0.1, -0.05) is 42.0 Å². The van der Waals surface area contributed by atoms with Crippen molar-refractivity contribution in [1.29, 1.82) is 0 Å². The van der Waals surface area contributed by atoms with Crippen LogP contribution in [0.15, 0.2) is 110 Å². The molecule has 0 N–H and O–H groups in total. The number of nitrogens with zero attached hydrogens (tertiary/aromatic N) is 4. The summed E-state index contributed by atoms with van der Waals surface area (Å²) < 4.78 is 78.0. The van der Waals surface area contributed by atoms with Crippen molar-refractivity contribution < 1.29 is 55.6 Å². The zero-order valence-corrected chi connectivity index (χ0v) is 24.9. The number of aromatic nitrogens is 4. The first-order valence-corrected chi connectivity index (χ1v) is 12.2. The van der Waals surface area contributed by atoms with Crippen molar-refractivity contribution in [2.75, 3.05) is 0 Å². The van der Waals surface area contributed by atoms with Crippen LogP contribution in [-0.4, -0.2) is 34.4 Å². The maximum atomic E-state index is 9.75. The third kappa shape index (κ3) is 16.3. The van der Waals surface area contributed by atoms with Gasteiger partial charge in [-0.05, 0) is 73.5 Å². The molecule has 4 nitrogen and oxygen atoms in total. The van der Waals surface area contributed by atoms with Crippen LogP contribution in [0.2, 0.25) is 0 Å². The predicted octanol–water partition coefficient (Wildman–Crippen LogP) is 9.17. The van der Waals surface area contributed by atoms with Gasteiger partial charge >= 0.3 is 35.6 Å². The maximum Gasteiger partial charge on any atom is 2.00 e. The molecule has 15 heteroatoms. The molecule has 5 rings (SSSR count). The Morgan fingerprint density at radius 3 is 1.37 bits per heavy atom. The minimum Gasteiger partial charge on any atom is -0.418 e. The van der Waals surface area contributed by atoms with E-state index in [1.54, 1.807) is 24.8 Å². The van der Waals surface area contributed by atoms with E-state index in [1.807, 2.05) is 61.5 Å². The van der Waals surface area contributed by atoms with Gasteiger partial charge in [0.05, 0.1) is 22.8 Å². The van der Waals surface area contributed by atoms with E-state index in [4.69, 9.17) is 4.98 Å². The van der Waals surface area contributed by atoms with E-state index in [-0.39, 0.29) is 21.1 Å². The molecule has 0 radical (unpaired) electrons. The summed E-state index contributed by atoms with van der Waals surface area (Å²) in [7, 11) is -12.0. The van der Waals surface area contributed by atoms with Crippen LogP contribution in [0.5, 0.6) is 0 Å². The summed E-state index contributed by atoms with van der Waals surface area (Å²) in [6, 6.07) is 28.3. The fraction of sp³-hybridized carbons (Fsp3) is 0.0714. The second kappa shape index (κ2) is 17.9. The van der Waals surface area contributed by atoms with Crippen LogP contribution in [0.25, 0.3) is 33.9 Å². The number of rotatable bonds is 3. The fourth-order valence-electron chi connectivity index (χ4n) is 3.21. The summed E-state index contributed by atoms with van der Waals surface area (Å²) in [4.78, 5) is 17.7. The Bertz CT molecular complexity index is 1450. The number of pyridine rings is 4. The van der Waals surface area contributed by atoms with Gasteiger partial charge in [-0.2, -0.15) is 0 Å². The van der Waals surface area contributed by atoms with Gasteiger partial charge in [0, 0.05) is 30.4 Å². The van der Waals surface area contributed by atoms with Crippen LogP contribution in [0.1, 0.15) is 11.1 Å². The quantitative estimate of drug-likeness (QED) is 0.135. The number of hydrogen-bond donors (Lipinski definition) is 0. The molecule has 0 aliphatic rings. The summed E-state index contributed by atoms with van der Waals surface area (Å²) in [6.45, 7) is 4.13. The maximum absolute atomic E-state index is 9.75. The van der Waals surface area contributed by atoms with Crippen LogP contribution >= 0.6 is 0 Å². The smallest absolute Gasteiger partial charge is 0.418 e. The van der Waals surface area contributed by atoms with E-state index in [2.05, 4.69) is 52.2 Å². The van der Waals surface area contributed by atoms with Crippen molar-refractivity contribution in [1.82, 2.24) is 19.9 Å². The van der Waals surface area contributed by atoms with Gasteiger partial charge in [0.1, 0.15) is 0 Å². The molecule has 0 aliphatic heterocycles. The van der Waals surface area contributed by atoms with Gasteiger partial charge in [0.25, 0.3) is 0 Å². The minimum absolute atomic E-state index is 0. The van der Waals surface area contributed by atoms with Crippen molar-refractivity contribution in [3.05, 3.63) is 121 Å². The third-order valence-electron chi connectivity index (χ3n) is 4.94. The van der Waals surface area contributed by atoms with Gasteiger partial charge in [-0.25, -0.2) is 4.98 Å². The average Bonchev–Trinajstić information content (AvgIpc) is 2.93. The molecule has 4 aromatic heterocycles. The molecule has 0 aliphatic carbocycles. The van der Waals surface area contributed by atoms with Gasteiger partial charge in [0.2, 0.25) is 0 Å². The predicted molar refractivity (Wildman–Crippen MR) is 150 cm³/mol. The molecule has 5 aromatic rings. The molecule has 0 atom stereocenters. The summed E-state index contributed by atoms with van der Waals surface area (Å²) >= 11 is 0. The molecule has 1 aromatic carbocycles. The summed E-state index contributed by atoms with van der Waals surface area (Å²) in [6.07, 6.45) is 7.15. The van der Waals surface area contributed by atoms with E-state index in [0.29, 0.717) is 0 Å². The number of halogens is 8. The molecule has 43 heavy (non-hydrogen) atoms. The number of benzene rings is 1. The Balaban J connectivity index is 0.000000422. The minimum atomic E-state index is -6.00. The molecule has 0 fully saturated rings. The molecule has 0 bridgehead atoms. The summed E-state index contributed by atoms with van der Waals surface area (Å²) in [5.74, 6) is 0. The van der Waals surface area contributed by atoms with Crippen molar-refractivity contribution in [2.45, 2.75) is 13.8 Å². The molecule has 0 saturated heterocycles. The summed E-state index contributed by atoms with van der Waals surface area (Å²) in [5.41, 5.74) is 8.12. The van der Waals surface area contributed by atoms with Crippen molar-refractivity contribution in [3.8, 4) is 33.9 Å². The summed E-state index contributed by atoms with van der Waals surface area (Å²) in [5, 5.41) is 0. The first kappa shape index (κ1) is 37.1. The molecule has 0 amide bonds. The van der Waals surface area contributed by atoms with E-state index in [1.165, 1.54) is 11.1 Å². The van der Waals surface area contributed by atoms with Crippen LogP contribution in [0.3, 0.4) is 0 Å². The third-order valence-corrected chi connectivity index (χ3v) is 4.94. The first-order valence-electron chi connectivity index (χ1n) is 12.2. The van der Waals surface area contributed by atoms with E-state index in [9.17, 15) is 34.5 Å². The van der Waals surface area contributed by atoms with Crippen LogP contribution in [-0.2, 0) is 21.1 Å². The Morgan fingerprint density at radius 1 is 0.488 bits per heavy atom. The van der Waals surface area contributed by atoms with Gasteiger partial charge in [0.15, 0.2) is 0 Å². The second-order valence-corrected chi connectivity index (χ2v) is 8.40. The molecular formula is C28H24B2F8N4Pt. The second-order valence-electron chi connectivity index (χ2n) is 8.40. The van der Waals surface area contributed by atoms with Gasteiger partial charge < -0.3 is 34.5 Å². The van der Waals surface area contributed by atoms with Gasteiger partial charge in [-0.15, -0.1) is 0 Å². The van der Waals surface area contributed by atoms with Crippen LogP contribution in [0.4, 0.5) is 34.5 Å². The van der Waals surface area contributed by atoms with Crippen LogP contribution in [0, 0.1) is 13.8 Å². The molecule has 228 valence electrons. The molecule has 0 saturated carbocycles. The molecule has 0 unspecified atom stereocenters. The zero-order valence-electron chi connectivity index (χ0n) is 22.7. The largest absolute Gasteiger partial charge is 2.00 e. The van der Waals surface area contributed by atoms with Crippen molar-refractivity contribution in [2.24, 2.45) is 0 Å². The Labute approximate surface area is 258 Å². The van der Waals surface area contributed by atoms with Crippen molar-refractivity contribution in [3.63, 3.8) is 0 Å². The molecular weight excluding hydrogens is 761 g/mol. The first-order chi connectivity index (χ1) is 19.7. The van der Waals surface area contributed by atoms with E-state index in [0.717, 1.165) is 33.9 Å². The Hall–Kier alpha value is -3.92. The molecule has 4 heterocycles. The zero-order chi connectivity index (χ0) is 31.2. The molecule has 0 spiro atoms. The number of aryl methyl sites for hydroxylation is 2.